The summed E-state index contributed by atoms with van der Waals surface area (Å²) in [5, 5.41) is 3.08. The first-order valence-electron chi connectivity index (χ1n) is 10.0. The standard InChI is InChI=1S/C23H31N3O2/c1-19(21-6-4-3-5-7-21)16-24-23(27)18-26-14-12-25(13-15-26)17-20-8-10-22(28-2)11-9-20/h3-11,19H,12-18H2,1-2H3,(H,24,27)/t19-/m0/s1. The third-order valence-corrected chi connectivity index (χ3v) is 5.37. The monoisotopic (exact) mass is 381 g/mol. The number of methoxy groups -OCH3 is 1. The van der Waals surface area contributed by atoms with Gasteiger partial charge in [0, 0.05) is 39.3 Å². The Morgan fingerprint density at radius 3 is 2.29 bits per heavy atom. The van der Waals surface area contributed by atoms with E-state index in [1.165, 1.54) is 11.1 Å². The van der Waals surface area contributed by atoms with Crippen molar-refractivity contribution in [2.24, 2.45) is 0 Å². The third kappa shape index (κ3) is 6.08. The van der Waals surface area contributed by atoms with Crippen LogP contribution in [-0.4, -0.2) is 62.1 Å². The summed E-state index contributed by atoms with van der Waals surface area (Å²) < 4.78 is 5.21. The molecule has 0 aliphatic carbocycles. The van der Waals surface area contributed by atoms with Crippen LogP contribution in [0.2, 0.25) is 0 Å². The van der Waals surface area contributed by atoms with Gasteiger partial charge in [0.2, 0.25) is 5.91 Å². The van der Waals surface area contributed by atoms with Crippen molar-refractivity contribution in [1.82, 2.24) is 15.1 Å². The van der Waals surface area contributed by atoms with Crippen molar-refractivity contribution in [3.05, 3.63) is 65.7 Å². The van der Waals surface area contributed by atoms with Gasteiger partial charge in [0.1, 0.15) is 5.75 Å². The van der Waals surface area contributed by atoms with Crippen molar-refractivity contribution in [2.75, 3.05) is 46.4 Å². The lowest BCUT2D eigenvalue weighted by Crippen LogP contribution is -2.49. The molecule has 2 aromatic rings. The number of nitrogens with one attached hydrogen (secondary N) is 1. The number of carbonyl (C=O) groups is 1. The fourth-order valence-corrected chi connectivity index (χ4v) is 3.52. The molecule has 1 amide bonds. The van der Waals surface area contributed by atoms with Crippen LogP contribution in [-0.2, 0) is 11.3 Å². The second-order valence-corrected chi connectivity index (χ2v) is 7.52. The maximum absolute atomic E-state index is 12.3. The molecule has 1 heterocycles. The molecule has 0 bridgehead atoms. The molecule has 0 saturated carbocycles. The minimum atomic E-state index is 0.117. The average molecular weight is 382 g/mol. The molecule has 0 aromatic heterocycles. The zero-order valence-corrected chi connectivity index (χ0v) is 16.9. The summed E-state index contributed by atoms with van der Waals surface area (Å²) in [7, 11) is 1.69. The topological polar surface area (TPSA) is 44.8 Å². The zero-order chi connectivity index (χ0) is 19.8. The van der Waals surface area contributed by atoms with E-state index in [0.717, 1.165) is 38.5 Å². The predicted molar refractivity (Wildman–Crippen MR) is 113 cm³/mol. The summed E-state index contributed by atoms with van der Waals surface area (Å²) in [5.74, 6) is 1.33. The molecule has 1 aliphatic heterocycles. The average Bonchev–Trinajstić information content (AvgIpc) is 2.74. The summed E-state index contributed by atoms with van der Waals surface area (Å²) in [6, 6.07) is 18.6. The van der Waals surface area contributed by atoms with Crippen LogP contribution in [0, 0.1) is 0 Å². The van der Waals surface area contributed by atoms with E-state index >= 15 is 0 Å². The van der Waals surface area contributed by atoms with Gasteiger partial charge >= 0.3 is 0 Å². The van der Waals surface area contributed by atoms with Crippen LogP contribution in [0.25, 0.3) is 0 Å². The first-order chi connectivity index (χ1) is 13.6. The molecule has 3 rings (SSSR count). The smallest absolute Gasteiger partial charge is 0.234 e. The highest BCUT2D eigenvalue weighted by Gasteiger charge is 2.19. The largest absolute Gasteiger partial charge is 0.497 e. The minimum Gasteiger partial charge on any atom is -0.497 e. The molecule has 0 radical (unpaired) electrons. The Balaban J connectivity index is 1.36. The second kappa shape index (κ2) is 10.2. The van der Waals surface area contributed by atoms with Crippen LogP contribution in [0.1, 0.15) is 24.0 Å². The number of carbonyl (C=O) groups excluding carboxylic acids is 1. The Labute approximate surface area is 168 Å². The van der Waals surface area contributed by atoms with Gasteiger partial charge in [-0.25, -0.2) is 0 Å². The van der Waals surface area contributed by atoms with Crippen molar-refractivity contribution in [1.29, 1.82) is 0 Å². The Kier molecular flexibility index (Phi) is 7.46. The lowest BCUT2D eigenvalue weighted by atomic mass is 10.0. The van der Waals surface area contributed by atoms with E-state index in [-0.39, 0.29) is 5.91 Å². The summed E-state index contributed by atoms with van der Waals surface area (Å²) in [4.78, 5) is 17.0. The number of hydrogen-bond donors (Lipinski definition) is 1. The van der Waals surface area contributed by atoms with Gasteiger partial charge in [-0.05, 0) is 29.2 Å². The summed E-state index contributed by atoms with van der Waals surface area (Å²) in [6.45, 7) is 8.08. The van der Waals surface area contributed by atoms with Crippen LogP contribution in [0.5, 0.6) is 5.75 Å². The van der Waals surface area contributed by atoms with E-state index in [2.05, 4.69) is 46.3 Å². The third-order valence-electron chi connectivity index (χ3n) is 5.37. The minimum absolute atomic E-state index is 0.117. The van der Waals surface area contributed by atoms with Gasteiger partial charge in [-0.1, -0.05) is 49.4 Å². The Morgan fingerprint density at radius 1 is 1.00 bits per heavy atom. The Hall–Kier alpha value is -2.37. The molecule has 1 saturated heterocycles. The van der Waals surface area contributed by atoms with Gasteiger partial charge in [-0.3, -0.25) is 14.6 Å². The first-order valence-corrected chi connectivity index (χ1v) is 10.0. The van der Waals surface area contributed by atoms with Crippen molar-refractivity contribution in [3.8, 4) is 5.75 Å². The van der Waals surface area contributed by atoms with Crippen molar-refractivity contribution >= 4 is 5.91 Å². The molecule has 1 aliphatic rings. The number of ether oxygens (including phenoxy) is 1. The number of piperazine rings is 1. The predicted octanol–water partition coefficient (Wildman–Crippen LogP) is 2.73. The van der Waals surface area contributed by atoms with Crippen LogP contribution >= 0.6 is 0 Å². The second-order valence-electron chi connectivity index (χ2n) is 7.52. The van der Waals surface area contributed by atoms with Crippen molar-refractivity contribution < 1.29 is 9.53 Å². The van der Waals surface area contributed by atoms with E-state index in [4.69, 9.17) is 4.74 Å². The first kappa shape index (κ1) is 20.4. The molecular formula is C23H31N3O2. The molecule has 0 unspecified atom stereocenters. The summed E-state index contributed by atoms with van der Waals surface area (Å²) >= 11 is 0. The number of rotatable bonds is 8. The normalized spacial score (nSPS) is 16.5. The van der Waals surface area contributed by atoms with Crippen LogP contribution in [0.4, 0.5) is 0 Å². The highest BCUT2D eigenvalue weighted by molar-refractivity contribution is 5.78. The highest BCUT2D eigenvalue weighted by atomic mass is 16.5. The van der Waals surface area contributed by atoms with Crippen LogP contribution < -0.4 is 10.1 Å². The fourth-order valence-electron chi connectivity index (χ4n) is 3.52. The SMILES string of the molecule is COc1ccc(CN2CCN(CC(=O)NC[C@H](C)c3ccccc3)CC2)cc1. The highest BCUT2D eigenvalue weighted by Crippen LogP contribution is 2.15. The quantitative estimate of drug-likeness (QED) is 0.764. The Morgan fingerprint density at radius 2 is 1.64 bits per heavy atom. The zero-order valence-electron chi connectivity index (χ0n) is 16.9. The van der Waals surface area contributed by atoms with Gasteiger partial charge in [-0.15, -0.1) is 0 Å². The molecule has 5 nitrogen and oxygen atoms in total. The van der Waals surface area contributed by atoms with Crippen molar-refractivity contribution in [3.63, 3.8) is 0 Å². The molecule has 28 heavy (non-hydrogen) atoms. The van der Waals surface area contributed by atoms with Gasteiger partial charge in [0.15, 0.2) is 0 Å². The molecule has 1 N–H and O–H groups in total. The van der Waals surface area contributed by atoms with Crippen LogP contribution in [0.3, 0.4) is 0 Å². The van der Waals surface area contributed by atoms with E-state index in [1.54, 1.807) is 7.11 Å². The van der Waals surface area contributed by atoms with Gasteiger partial charge in [-0.2, -0.15) is 0 Å². The number of hydrogen-bond acceptors (Lipinski definition) is 4. The molecule has 1 atom stereocenters. The van der Waals surface area contributed by atoms with E-state index in [1.807, 2.05) is 30.3 Å². The summed E-state index contributed by atoms with van der Waals surface area (Å²) in [5.41, 5.74) is 2.55. The molecule has 5 heteroatoms. The number of amides is 1. The van der Waals surface area contributed by atoms with Crippen LogP contribution in [0.15, 0.2) is 54.6 Å². The maximum Gasteiger partial charge on any atom is 0.234 e. The van der Waals surface area contributed by atoms with E-state index < -0.39 is 0 Å². The Bertz CT molecular complexity index is 725. The fraction of sp³-hybridized carbons (Fsp3) is 0.435. The van der Waals surface area contributed by atoms with Crippen molar-refractivity contribution in [2.45, 2.75) is 19.4 Å². The van der Waals surface area contributed by atoms with Gasteiger partial charge in [0.25, 0.3) is 0 Å². The van der Waals surface area contributed by atoms with Gasteiger partial charge in [0.05, 0.1) is 13.7 Å². The number of nitrogens with zero attached hydrogens (tertiary/aromatic N) is 2. The molecule has 2 aromatic carbocycles. The van der Waals surface area contributed by atoms with E-state index in [9.17, 15) is 4.79 Å². The number of benzene rings is 2. The molecule has 0 spiro atoms. The molecular weight excluding hydrogens is 350 g/mol. The lowest BCUT2D eigenvalue weighted by Gasteiger charge is -2.34. The maximum atomic E-state index is 12.3. The summed E-state index contributed by atoms with van der Waals surface area (Å²) in [6.07, 6.45) is 0. The molecule has 1 fully saturated rings. The van der Waals surface area contributed by atoms with E-state index in [0.29, 0.717) is 19.0 Å². The lowest BCUT2D eigenvalue weighted by molar-refractivity contribution is -0.122. The molecule has 150 valence electrons. The van der Waals surface area contributed by atoms with Gasteiger partial charge < -0.3 is 10.1 Å².